The second-order valence-electron chi connectivity index (χ2n) is 7.21. The van der Waals surface area contributed by atoms with Gasteiger partial charge in [-0.05, 0) is 63.1 Å². The number of hydrogen-bond donors (Lipinski definition) is 1. The first-order valence-electron chi connectivity index (χ1n) is 9.43. The highest BCUT2D eigenvalue weighted by molar-refractivity contribution is 6.24. The van der Waals surface area contributed by atoms with Crippen molar-refractivity contribution in [2.24, 2.45) is 0 Å². The fourth-order valence-corrected chi connectivity index (χ4v) is 4.00. The minimum Gasteiger partial charge on any atom is -0.434 e. The number of hydrogen-bond acceptors (Lipinski definition) is 5. The molecule has 1 saturated carbocycles. The van der Waals surface area contributed by atoms with E-state index < -0.39 is 11.7 Å². The van der Waals surface area contributed by atoms with Crippen LogP contribution in [0.3, 0.4) is 0 Å². The van der Waals surface area contributed by atoms with Gasteiger partial charge in [-0.15, -0.1) is 0 Å². The zero-order chi connectivity index (χ0) is 19.6. The normalized spacial score (nSPS) is 24.9. The Morgan fingerprint density at radius 1 is 1.26 bits per heavy atom. The lowest BCUT2D eigenvalue weighted by Gasteiger charge is -2.37. The van der Waals surface area contributed by atoms with Crippen LogP contribution in [0.25, 0.3) is 5.57 Å². The summed E-state index contributed by atoms with van der Waals surface area (Å²) in [6.45, 7) is 5.90. The third kappa shape index (κ3) is 3.58. The molecule has 0 bridgehead atoms. The number of rotatable bonds is 4. The van der Waals surface area contributed by atoms with E-state index >= 15 is 0 Å². The van der Waals surface area contributed by atoms with Crippen molar-refractivity contribution >= 4 is 17.6 Å². The summed E-state index contributed by atoms with van der Waals surface area (Å²) in [5.41, 5.74) is 2.60. The quantitative estimate of drug-likeness (QED) is 0.816. The van der Waals surface area contributed by atoms with E-state index in [-0.39, 0.29) is 18.6 Å². The first-order chi connectivity index (χ1) is 12.9. The second-order valence-corrected chi connectivity index (χ2v) is 7.21. The molecule has 0 atom stereocenters. The van der Waals surface area contributed by atoms with Crippen molar-refractivity contribution in [2.45, 2.75) is 58.1 Å². The van der Waals surface area contributed by atoms with Crippen LogP contribution >= 0.6 is 0 Å². The SMILES string of the molecule is CCOC(=O)OC1=C(c2cccc(C)c2C)C(=O)NC12CCC(OC)CC2. The fraction of sp³-hybridized carbons (Fsp3) is 0.524. The summed E-state index contributed by atoms with van der Waals surface area (Å²) in [5, 5.41) is 3.11. The summed E-state index contributed by atoms with van der Waals surface area (Å²) in [6.07, 6.45) is 2.25. The van der Waals surface area contributed by atoms with Crippen LogP contribution < -0.4 is 5.32 Å². The standard InChI is InChI=1S/C21H27NO5/c1-5-26-20(24)27-18-17(16-8-6-7-13(2)14(16)3)19(23)22-21(18)11-9-15(25-4)10-12-21/h6-8,15H,5,9-12H2,1-4H3,(H,22,23). The Labute approximate surface area is 159 Å². The van der Waals surface area contributed by atoms with E-state index in [2.05, 4.69) is 5.32 Å². The maximum atomic E-state index is 13.0. The van der Waals surface area contributed by atoms with Crippen molar-refractivity contribution in [2.75, 3.05) is 13.7 Å². The molecule has 146 valence electrons. The molecule has 6 nitrogen and oxygen atoms in total. The third-order valence-corrected chi connectivity index (χ3v) is 5.68. The highest BCUT2D eigenvalue weighted by Gasteiger charge is 2.50. The lowest BCUT2D eigenvalue weighted by atomic mass is 9.79. The average Bonchev–Trinajstić information content (AvgIpc) is 2.89. The van der Waals surface area contributed by atoms with Gasteiger partial charge in [-0.1, -0.05) is 18.2 Å². The smallest absolute Gasteiger partial charge is 0.434 e. The average molecular weight is 373 g/mol. The Balaban J connectivity index is 2.08. The minimum atomic E-state index is -0.778. The number of methoxy groups -OCH3 is 1. The monoisotopic (exact) mass is 373 g/mol. The van der Waals surface area contributed by atoms with Crippen molar-refractivity contribution < 1.29 is 23.8 Å². The van der Waals surface area contributed by atoms with Gasteiger partial charge in [0, 0.05) is 7.11 Å². The van der Waals surface area contributed by atoms with Gasteiger partial charge in [0.05, 0.1) is 23.8 Å². The summed E-state index contributed by atoms with van der Waals surface area (Å²) >= 11 is 0. The predicted molar refractivity (Wildman–Crippen MR) is 101 cm³/mol. The van der Waals surface area contributed by atoms with E-state index in [1.807, 2.05) is 32.0 Å². The van der Waals surface area contributed by atoms with Crippen LogP contribution in [0.4, 0.5) is 4.79 Å². The number of nitrogens with one attached hydrogen (secondary N) is 1. The van der Waals surface area contributed by atoms with Gasteiger partial charge in [-0.2, -0.15) is 0 Å². The Morgan fingerprint density at radius 3 is 2.59 bits per heavy atom. The van der Waals surface area contributed by atoms with Crippen molar-refractivity contribution in [1.82, 2.24) is 5.32 Å². The number of amides is 1. The first-order valence-corrected chi connectivity index (χ1v) is 9.43. The van der Waals surface area contributed by atoms with E-state index in [0.717, 1.165) is 29.5 Å². The molecule has 1 aromatic carbocycles. The molecule has 1 aliphatic heterocycles. The number of benzene rings is 1. The molecule has 1 heterocycles. The maximum absolute atomic E-state index is 13.0. The second kappa shape index (κ2) is 7.72. The largest absolute Gasteiger partial charge is 0.513 e. The molecule has 0 unspecified atom stereocenters. The Morgan fingerprint density at radius 2 is 1.96 bits per heavy atom. The Bertz CT molecular complexity index is 775. The molecule has 0 saturated heterocycles. The van der Waals surface area contributed by atoms with Crippen molar-refractivity contribution in [3.05, 3.63) is 40.6 Å². The molecule has 3 rings (SSSR count). The molecular weight excluding hydrogens is 346 g/mol. The van der Waals surface area contributed by atoms with E-state index in [0.29, 0.717) is 24.2 Å². The van der Waals surface area contributed by atoms with Gasteiger partial charge in [-0.3, -0.25) is 4.79 Å². The highest BCUT2D eigenvalue weighted by atomic mass is 16.7. The van der Waals surface area contributed by atoms with Crippen LogP contribution in [0.15, 0.2) is 24.0 Å². The lowest BCUT2D eigenvalue weighted by Crippen LogP contribution is -2.49. The highest BCUT2D eigenvalue weighted by Crippen LogP contribution is 2.44. The molecule has 6 heteroatoms. The summed E-state index contributed by atoms with van der Waals surface area (Å²) in [7, 11) is 1.70. The number of carbonyl (C=O) groups excluding carboxylic acids is 2. The lowest BCUT2D eigenvalue weighted by molar-refractivity contribution is -0.116. The molecule has 0 aromatic heterocycles. The van der Waals surface area contributed by atoms with Gasteiger partial charge in [0.2, 0.25) is 0 Å². The van der Waals surface area contributed by atoms with Crippen LogP contribution in [-0.2, 0) is 19.0 Å². The van der Waals surface area contributed by atoms with Crippen LogP contribution in [0, 0.1) is 13.8 Å². The van der Waals surface area contributed by atoms with Crippen molar-refractivity contribution in [1.29, 1.82) is 0 Å². The van der Waals surface area contributed by atoms with E-state index in [4.69, 9.17) is 14.2 Å². The van der Waals surface area contributed by atoms with Gasteiger partial charge in [0.15, 0.2) is 0 Å². The molecule has 1 aliphatic carbocycles. The first kappa shape index (κ1) is 19.4. The van der Waals surface area contributed by atoms with E-state index in [1.54, 1.807) is 14.0 Å². The molecular formula is C21H27NO5. The molecule has 2 aliphatic rings. The van der Waals surface area contributed by atoms with Gasteiger partial charge in [-0.25, -0.2) is 4.79 Å². The molecule has 0 radical (unpaired) electrons. The summed E-state index contributed by atoms with van der Waals surface area (Å²) in [6, 6.07) is 5.80. The maximum Gasteiger partial charge on any atom is 0.513 e. The van der Waals surface area contributed by atoms with Crippen molar-refractivity contribution in [3.63, 3.8) is 0 Å². The van der Waals surface area contributed by atoms with Gasteiger partial charge >= 0.3 is 6.16 Å². The number of aryl methyl sites for hydroxylation is 1. The molecule has 27 heavy (non-hydrogen) atoms. The Hall–Kier alpha value is -2.34. The molecule has 1 spiro atoms. The van der Waals surface area contributed by atoms with Crippen molar-refractivity contribution in [3.8, 4) is 0 Å². The molecule has 1 fully saturated rings. The minimum absolute atomic E-state index is 0.154. The molecule has 1 N–H and O–H groups in total. The van der Waals surface area contributed by atoms with E-state index in [9.17, 15) is 9.59 Å². The summed E-state index contributed by atoms with van der Waals surface area (Å²) < 4.78 is 16.1. The van der Waals surface area contributed by atoms with Crippen LogP contribution in [0.5, 0.6) is 0 Å². The van der Waals surface area contributed by atoms with Gasteiger partial charge < -0.3 is 19.5 Å². The topological polar surface area (TPSA) is 73.9 Å². The Kier molecular flexibility index (Phi) is 5.56. The summed E-state index contributed by atoms with van der Waals surface area (Å²) in [5.74, 6) is 0.174. The third-order valence-electron chi connectivity index (χ3n) is 5.68. The van der Waals surface area contributed by atoms with Crippen LogP contribution in [-0.4, -0.2) is 37.4 Å². The van der Waals surface area contributed by atoms with E-state index in [1.165, 1.54) is 0 Å². The van der Waals surface area contributed by atoms with Crippen LogP contribution in [0.2, 0.25) is 0 Å². The molecule has 1 aromatic rings. The molecule has 1 amide bonds. The van der Waals surface area contributed by atoms with Crippen LogP contribution in [0.1, 0.15) is 49.3 Å². The summed E-state index contributed by atoms with van der Waals surface area (Å²) in [4.78, 5) is 25.1. The predicted octanol–water partition coefficient (Wildman–Crippen LogP) is 3.65. The number of carbonyl (C=O) groups is 2. The zero-order valence-corrected chi connectivity index (χ0v) is 16.4. The van der Waals surface area contributed by atoms with Gasteiger partial charge in [0.1, 0.15) is 5.76 Å². The zero-order valence-electron chi connectivity index (χ0n) is 16.4. The number of ether oxygens (including phenoxy) is 3. The van der Waals surface area contributed by atoms with Gasteiger partial charge in [0.25, 0.3) is 5.91 Å². The fourth-order valence-electron chi connectivity index (χ4n) is 4.00.